The highest BCUT2D eigenvalue weighted by atomic mass is 35.5. The molecule has 1 aliphatic heterocycles. The monoisotopic (exact) mass is 628 g/mol. The van der Waals surface area contributed by atoms with Crippen LogP contribution in [0.5, 0.6) is 17.2 Å². The summed E-state index contributed by atoms with van der Waals surface area (Å²) in [7, 11) is -2.82. The highest BCUT2D eigenvalue weighted by molar-refractivity contribution is 7.92. The van der Waals surface area contributed by atoms with E-state index in [1.807, 2.05) is 4.90 Å². The molecule has 0 aliphatic carbocycles. The first-order valence-electron chi connectivity index (χ1n) is 11.5. The lowest BCUT2D eigenvalue weighted by Crippen LogP contribution is -2.23. The molecule has 0 spiro atoms. The van der Waals surface area contributed by atoms with Crippen LogP contribution in [0.4, 0.5) is 32.0 Å². The summed E-state index contributed by atoms with van der Waals surface area (Å²) in [4.78, 5) is 1.22. The Morgan fingerprint density at radius 2 is 1.48 bits per heavy atom. The number of halogens is 8. The van der Waals surface area contributed by atoms with E-state index >= 15 is 0 Å². The predicted molar refractivity (Wildman–Crippen MR) is 137 cm³/mol. The molecule has 0 unspecified atom stereocenters. The molecule has 0 bridgehead atoms. The van der Waals surface area contributed by atoms with E-state index in [-0.39, 0.29) is 21.5 Å². The molecular formula is C25H20Cl2F6N2O4S. The maximum Gasteiger partial charge on any atom is 0.419 e. The maximum atomic E-state index is 13.6. The summed E-state index contributed by atoms with van der Waals surface area (Å²) >= 11 is 11.8. The van der Waals surface area contributed by atoms with E-state index < -0.39 is 56.0 Å². The fraction of sp³-hybridized carbons (Fsp3) is 0.280. The van der Waals surface area contributed by atoms with Gasteiger partial charge in [-0.15, -0.1) is 0 Å². The second-order valence-corrected chi connectivity index (χ2v) is 11.5. The van der Waals surface area contributed by atoms with Crippen LogP contribution in [-0.4, -0.2) is 39.6 Å². The van der Waals surface area contributed by atoms with Crippen LogP contribution in [0.2, 0.25) is 10.0 Å². The second-order valence-electron chi connectivity index (χ2n) is 8.97. The Labute approximate surface area is 235 Å². The van der Waals surface area contributed by atoms with Crippen molar-refractivity contribution in [3.05, 3.63) is 75.8 Å². The zero-order chi connectivity index (χ0) is 29.5. The number of ether oxygens (including phenoxy) is 2. The molecular weight excluding hydrogens is 609 g/mol. The summed E-state index contributed by atoms with van der Waals surface area (Å²) in [5, 5.41) is 0.122. The van der Waals surface area contributed by atoms with E-state index in [2.05, 4.69) is 4.72 Å². The van der Waals surface area contributed by atoms with Gasteiger partial charge in [0.25, 0.3) is 10.0 Å². The number of rotatable bonds is 7. The van der Waals surface area contributed by atoms with E-state index in [9.17, 15) is 34.8 Å². The molecule has 0 radical (unpaired) electrons. The lowest BCUT2D eigenvalue weighted by molar-refractivity contribution is -0.139. The van der Waals surface area contributed by atoms with Crippen LogP contribution in [0.1, 0.15) is 17.5 Å². The summed E-state index contributed by atoms with van der Waals surface area (Å²) in [5.74, 6) is -1.63. The number of sulfonamides is 1. The number of hydrogen-bond acceptors (Lipinski definition) is 5. The van der Waals surface area contributed by atoms with Crippen LogP contribution >= 0.6 is 23.2 Å². The molecule has 1 fully saturated rings. The van der Waals surface area contributed by atoms with Gasteiger partial charge in [0.15, 0.2) is 0 Å². The number of benzene rings is 3. The zero-order valence-corrected chi connectivity index (χ0v) is 22.7. The lowest BCUT2D eigenvalue weighted by atomic mass is 10.1. The molecule has 216 valence electrons. The molecule has 0 amide bonds. The highest BCUT2D eigenvalue weighted by Crippen LogP contribution is 2.42. The van der Waals surface area contributed by atoms with Crippen molar-refractivity contribution in [3.8, 4) is 17.2 Å². The Balaban J connectivity index is 1.68. The van der Waals surface area contributed by atoms with Gasteiger partial charge in [0.05, 0.1) is 21.7 Å². The highest BCUT2D eigenvalue weighted by Gasteiger charge is 2.37. The van der Waals surface area contributed by atoms with Crippen molar-refractivity contribution in [1.29, 1.82) is 0 Å². The van der Waals surface area contributed by atoms with Crippen molar-refractivity contribution >= 4 is 38.9 Å². The minimum absolute atomic E-state index is 0.0612. The molecule has 3 aromatic rings. The molecule has 1 aliphatic rings. The van der Waals surface area contributed by atoms with Crippen LogP contribution in [0.25, 0.3) is 0 Å². The van der Waals surface area contributed by atoms with Gasteiger partial charge in [-0.25, -0.2) is 8.42 Å². The number of nitrogens with one attached hydrogen (secondary N) is 1. The van der Waals surface area contributed by atoms with Gasteiger partial charge in [-0.3, -0.25) is 4.72 Å². The summed E-state index contributed by atoms with van der Waals surface area (Å²) in [6.07, 6.45) is -9.77. The normalized spacial score (nSPS) is 16.7. The molecule has 40 heavy (non-hydrogen) atoms. The molecule has 1 N–H and O–H groups in total. The average molecular weight is 629 g/mol. The van der Waals surface area contributed by atoms with Crippen LogP contribution < -0.4 is 14.2 Å². The lowest BCUT2D eigenvalue weighted by Gasteiger charge is -2.20. The van der Waals surface area contributed by atoms with Crippen molar-refractivity contribution in [2.24, 2.45) is 0 Å². The molecule has 6 nitrogen and oxygen atoms in total. The Morgan fingerprint density at radius 1 is 0.875 bits per heavy atom. The summed E-state index contributed by atoms with van der Waals surface area (Å²) in [5.41, 5.74) is -2.68. The number of alkyl halides is 6. The minimum Gasteiger partial charge on any atom is -0.488 e. The predicted octanol–water partition coefficient (Wildman–Crippen LogP) is 7.71. The van der Waals surface area contributed by atoms with Gasteiger partial charge in [0.2, 0.25) is 0 Å². The third-order valence-corrected chi connectivity index (χ3v) is 7.63. The smallest absolute Gasteiger partial charge is 0.419 e. The first-order chi connectivity index (χ1) is 18.5. The van der Waals surface area contributed by atoms with Gasteiger partial charge < -0.3 is 14.4 Å². The van der Waals surface area contributed by atoms with E-state index in [0.29, 0.717) is 43.8 Å². The van der Waals surface area contributed by atoms with Crippen molar-refractivity contribution in [2.75, 3.05) is 24.9 Å². The molecule has 4 rings (SSSR count). The molecule has 1 atom stereocenters. The molecule has 15 heteroatoms. The zero-order valence-electron chi connectivity index (χ0n) is 20.4. The number of likely N-dealkylation sites (tertiary alicyclic amines) is 1. The average Bonchev–Trinajstić information content (AvgIpc) is 3.21. The Hall–Kier alpha value is -2.87. The van der Waals surface area contributed by atoms with E-state index in [4.69, 9.17) is 32.7 Å². The molecule has 0 aromatic heterocycles. The van der Waals surface area contributed by atoms with E-state index in [1.165, 1.54) is 18.2 Å². The maximum absolute atomic E-state index is 13.6. The van der Waals surface area contributed by atoms with Gasteiger partial charge in [0, 0.05) is 35.3 Å². The van der Waals surface area contributed by atoms with Gasteiger partial charge in [-0.1, -0.05) is 23.2 Å². The van der Waals surface area contributed by atoms with Crippen molar-refractivity contribution in [3.63, 3.8) is 0 Å². The van der Waals surface area contributed by atoms with Gasteiger partial charge >= 0.3 is 12.4 Å². The van der Waals surface area contributed by atoms with Gasteiger partial charge in [-0.2, -0.15) is 26.3 Å². The number of anilines is 1. The molecule has 3 aromatic carbocycles. The largest absolute Gasteiger partial charge is 0.488 e. The first kappa shape index (κ1) is 30.1. The summed E-state index contributed by atoms with van der Waals surface area (Å²) < 4.78 is 121. The fourth-order valence-corrected chi connectivity index (χ4v) is 5.58. The third kappa shape index (κ3) is 7.25. The summed E-state index contributed by atoms with van der Waals surface area (Å²) in [6, 6.07) is 7.94. The van der Waals surface area contributed by atoms with Crippen molar-refractivity contribution in [1.82, 2.24) is 4.90 Å². The molecule has 1 heterocycles. The minimum atomic E-state index is -4.92. The molecule has 1 saturated heterocycles. The Morgan fingerprint density at radius 3 is 2.05 bits per heavy atom. The Kier molecular flexibility index (Phi) is 8.42. The number of hydrogen-bond donors (Lipinski definition) is 1. The van der Waals surface area contributed by atoms with Crippen LogP contribution in [-0.2, 0) is 22.4 Å². The topological polar surface area (TPSA) is 67.9 Å². The van der Waals surface area contributed by atoms with Gasteiger partial charge in [0.1, 0.15) is 23.4 Å². The summed E-state index contributed by atoms with van der Waals surface area (Å²) in [6.45, 7) is 0.984. The standard InChI is InChI=1S/C25H20Cl2F6N2O4S/c1-35-7-6-17(13-35)38-22-11-16(2-4-20(22)24(28,29)30)34-40(36,37)19-3-5-21(25(31,32)33)23(12-19)39-18-9-14(26)8-15(27)10-18/h2-5,8-12,17,34H,6-7,13H2,1H3/t17-/m1/s1. The van der Waals surface area contributed by atoms with Crippen LogP contribution in [0.3, 0.4) is 0 Å². The van der Waals surface area contributed by atoms with Crippen molar-refractivity contribution in [2.45, 2.75) is 29.8 Å². The van der Waals surface area contributed by atoms with Crippen LogP contribution in [0.15, 0.2) is 59.5 Å². The first-order valence-corrected chi connectivity index (χ1v) is 13.7. The van der Waals surface area contributed by atoms with E-state index in [0.717, 1.165) is 12.1 Å². The molecule has 0 saturated carbocycles. The third-order valence-electron chi connectivity index (χ3n) is 5.81. The Bertz CT molecular complexity index is 1500. The fourth-order valence-electron chi connectivity index (χ4n) is 4.00. The van der Waals surface area contributed by atoms with E-state index in [1.54, 1.807) is 7.05 Å². The quantitative estimate of drug-likeness (QED) is 0.272. The SMILES string of the molecule is CN1CC[C@@H](Oc2cc(NS(=O)(=O)c3ccc(C(F)(F)F)c(Oc4cc(Cl)cc(Cl)c4)c3)ccc2C(F)(F)F)C1. The van der Waals surface area contributed by atoms with Crippen LogP contribution in [0, 0.1) is 0 Å². The number of nitrogens with zero attached hydrogens (tertiary/aromatic N) is 1. The number of likely N-dealkylation sites (N-methyl/N-ethyl adjacent to an activating group) is 1. The van der Waals surface area contributed by atoms with Crippen molar-refractivity contribution < 1.29 is 44.2 Å². The second kappa shape index (κ2) is 11.2. The van der Waals surface area contributed by atoms with Gasteiger partial charge in [-0.05, 0) is 55.9 Å².